The highest BCUT2D eigenvalue weighted by Gasteiger charge is 2.22. The lowest BCUT2D eigenvalue weighted by Gasteiger charge is -2.09. The van der Waals surface area contributed by atoms with Crippen LogP contribution in [0, 0.1) is 0 Å². The molecular formula is C13H14ClNO2. The fourth-order valence-corrected chi connectivity index (χ4v) is 2.30. The highest BCUT2D eigenvalue weighted by molar-refractivity contribution is 6.13. The van der Waals surface area contributed by atoms with E-state index in [1.54, 1.807) is 12.1 Å². The van der Waals surface area contributed by atoms with Crippen molar-refractivity contribution in [2.75, 3.05) is 6.61 Å². The number of ether oxygens (including phenoxy) is 1. The summed E-state index contributed by atoms with van der Waals surface area (Å²) in [6.07, 6.45) is 3.45. The van der Waals surface area contributed by atoms with Gasteiger partial charge in [0.15, 0.2) is 0 Å². The van der Waals surface area contributed by atoms with Crippen molar-refractivity contribution in [2.45, 2.75) is 18.9 Å². The van der Waals surface area contributed by atoms with Crippen molar-refractivity contribution in [3.8, 4) is 0 Å². The zero-order chi connectivity index (χ0) is 12.3. The molecule has 17 heavy (non-hydrogen) atoms. The molecule has 0 heterocycles. The maximum atomic E-state index is 11.6. The third-order valence-corrected chi connectivity index (χ3v) is 3.18. The van der Waals surface area contributed by atoms with Crippen molar-refractivity contribution in [1.82, 2.24) is 4.84 Å². The zero-order valence-corrected chi connectivity index (χ0v) is 10.2. The standard InChI is InChI=1S/C13H14ClNO2/c1-2-7-17-13(16)10-3-5-11-9(8-10)4-6-12(11)15-14/h2-3,5,8,12,15H,1,4,6-7H2/t12-/m0/s1. The van der Waals surface area contributed by atoms with Crippen molar-refractivity contribution < 1.29 is 9.53 Å². The molecule has 90 valence electrons. The van der Waals surface area contributed by atoms with E-state index in [2.05, 4.69) is 11.4 Å². The fourth-order valence-electron chi connectivity index (χ4n) is 2.08. The van der Waals surface area contributed by atoms with Gasteiger partial charge < -0.3 is 4.74 Å². The average molecular weight is 252 g/mol. The molecule has 0 spiro atoms. The van der Waals surface area contributed by atoms with E-state index in [-0.39, 0.29) is 18.6 Å². The van der Waals surface area contributed by atoms with Crippen LogP contribution in [0.3, 0.4) is 0 Å². The van der Waals surface area contributed by atoms with Crippen LogP contribution in [0.2, 0.25) is 0 Å². The number of carbonyl (C=O) groups is 1. The van der Waals surface area contributed by atoms with Crippen LogP contribution in [0.25, 0.3) is 0 Å². The van der Waals surface area contributed by atoms with E-state index in [1.807, 2.05) is 12.1 Å². The van der Waals surface area contributed by atoms with Gasteiger partial charge >= 0.3 is 5.97 Å². The molecule has 4 heteroatoms. The lowest BCUT2D eigenvalue weighted by molar-refractivity contribution is 0.0549. The number of rotatable bonds is 4. The van der Waals surface area contributed by atoms with Crippen molar-refractivity contribution in [3.05, 3.63) is 47.5 Å². The molecule has 3 nitrogen and oxygen atoms in total. The predicted molar refractivity (Wildman–Crippen MR) is 67.0 cm³/mol. The molecule has 2 rings (SSSR count). The third-order valence-electron chi connectivity index (χ3n) is 2.92. The monoisotopic (exact) mass is 251 g/mol. The maximum absolute atomic E-state index is 11.6. The summed E-state index contributed by atoms with van der Waals surface area (Å²) >= 11 is 5.65. The molecule has 0 aromatic heterocycles. The number of hydrogen-bond acceptors (Lipinski definition) is 3. The van der Waals surface area contributed by atoms with E-state index in [9.17, 15) is 4.79 Å². The number of carbonyl (C=O) groups excluding carboxylic acids is 1. The van der Waals surface area contributed by atoms with Gasteiger partial charge in [0.1, 0.15) is 6.61 Å². The van der Waals surface area contributed by atoms with Crippen LogP contribution in [0.15, 0.2) is 30.9 Å². The summed E-state index contributed by atoms with van der Waals surface area (Å²) in [5.41, 5.74) is 2.91. The van der Waals surface area contributed by atoms with Crippen molar-refractivity contribution in [3.63, 3.8) is 0 Å². The predicted octanol–water partition coefficient (Wildman–Crippen LogP) is 2.76. The number of halogens is 1. The molecule has 1 atom stereocenters. The molecule has 0 unspecified atom stereocenters. The molecular weight excluding hydrogens is 238 g/mol. The Morgan fingerprint density at radius 3 is 3.18 bits per heavy atom. The molecule has 0 fully saturated rings. The van der Waals surface area contributed by atoms with E-state index in [0.29, 0.717) is 5.56 Å². The molecule has 0 bridgehead atoms. The fraction of sp³-hybridized carbons (Fsp3) is 0.308. The molecule has 0 saturated heterocycles. The molecule has 0 radical (unpaired) electrons. The molecule has 1 aliphatic carbocycles. The van der Waals surface area contributed by atoms with E-state index in [0.717, 1.165) is 18.4 Å². The summed E-state index contributed by atoms with van der Waals surface area (Å²) in [6.45, 7) is 3.74. The van der Waals surface area contributed by atoms with Crippen LogP contribution in [0.5, 0.6) is 0 Å². The first-order valence-electron chi connectivity index (χ1n) is 5.53. The first-order valence-corrected chi connectivity index (χ1v) is 5.91. The SMILES string of the molecule is C=CCOC(=O)c1ccc2c(c1)CC[C@@H]2NCl. The normalized spacial score (nSPS) is 17.6. The second-order valence-corrected chi connectivity index (χ2v) is 4.22. The Kier molecular flexibility index (Phi) is 3.82. The van der Waals surface area contributed by atoms with Gasteiger partial charge in [0.25, 0.3) is 0 Å². The van der Waals surface area contributed by atoms with Crippen LogP contribution < -0.4 is 4.84 Å². The van der Waals surface area contributed by atoms with Gasteiger partial charge in [-0.25, -0.2) is 9.63 Å². The number of benzene rings is 1. The molecule has 1 aromatic carbocycles. The smallest absolute Gasteiger partial charge is 0.338 e. The molecule has 1 N–H and O–H groups in total. The first kappa shape index (κ1) is 12.1. The van der Waals surface area contributed by atoms with Crippen molar-refractivity contribution >= 4 is 17.7 Å². The molecule has 0 aliphatic heterocycles. The molecule has 1 aromatic rings. The van der Waals surface area contributed by atoms with Gasteiger partial charge in [0, 0.05) is 6.04 Å². The van der Waals surface area contributed by atoms with Crippen molar-refractivity contribution in [1.29, 1.82) is 0 Å². The van der Waals surface area contributed by atoms with Crippen LogP contribution in [0.4, 0.5) is 0 Å². The lowest BCUT2D eigenvalue weighted by atomic mass is 10.1. The average Bonchev–Trinajstić information content (AvgIpc) is 2.77. The maximum Gasteiger partial charge on any atom is 0.338 e. The van der Waals surface area contributed by atoms with Crippen LogP contribution in [-0.4, -0.2) is 12.6 Å². The minimum atomic E-state index is -0.310. The number of aryl methyl sites for hydroxylation is 1. The summed E-state index contributed by atoms with van der Waals surface area (Å²) in [5, 5.41) is 0. The Bertz CT molecular complexity index is 445. The second kappa shape index (κ2) is 5.34. The molecule has 1 aliphatic rings. The lowest BCUT2D eigenvalue weighted by Crippen LogP contribution is -2.08. The topological polar surface area (TPSA) is 38.3 Å². The van der Waals surface area contributed by atoms with Gasteiger partial charge in [0.2, 0.25) is 0 Å². The van der Waals surface area contributed by atoms with Gasteiger partial charge in [-0.1, -0.05) is 18.7 Å². The number of nitrogens with one attached hydrogen (secondary N) is 1. The summed E-state index contributed by atoms with van der Waals surface area (Å²) < 4.78 is 4.99. The first-order chi connectivity index (χ1) is 8.26. The van der Waals surface area contributed by atoms with Gasteiger partial charge in [-0.05, 0) is 47.9 Å². The molecule has 0 saturated carbocycles. The Morgan fingerprint density at radius 2 is 2.47 bits per heavy atom. The van der Waals surface area contributed by atoms with E-state index in [1.165, 1.54) is 5.56 Å². The number of fused-ring (bicyclic) bond motifs is 1. The Labute approximate surface area is 106 Å². The van der Waals surface area contributed by atoms with Gasteiger partial charge in [0.05, 0.1) is 5.56 Å². The van der Waals surface area contributed by atoms with E-state index in [4.69, 9.17) is 16.5 Å². The Hall–Kier alpha value is -1.32. The van der Waals surface area contributed by atoms with Gasteiger partial charge in [-0.3, -0.25) is 0 Å². The minimum absolute atomic E-state index is 0.185. The Balaban J connectivity index is 2.17. The van der Waals surface area contributed by atoms with Crippen LogP contribution >= 0.6 is 11.8 Å². The van der Waals surface area contributed by atoms with E-state index < -0.39 is 0 Å². The summed E-state index contributed by atoms with van der Waals surface area (Å²) in [6, 6.07) is 5.78. The number of hydrogen-bond donors (Lipinski definition) is 1. The largest absolute Gasteiger partial charge is 0.458 e. The summed E-state index contributed by atoms with van der Waals surface area (Å²) in [7, 11) is 0. The van der Waals surface area contributed by atoms with Gasteiger partial charge in [-0.15, -0.1) is 0 Å². The second-order valence-electron chi connectivity index (χ2n) is 4.00. The highest BCUT2D eigenvalue weighted by Crippen LogP contribution is 2.32. The minimum Gasteiger partial charge on any atom is -0.458 e. The van der Waals surface area contributed by atoms with Crippen molar-refractivity contribution in [2.24, 2.45) is 0 Å². The van der Waals surface area contributed by atoms with E-state index >= 15 is 0 Å². The van der Waals surface area contributed by atoms with Crippen LogP contribution in [0.1, 0.15) is 33.9 Å². The highest BCUT2D eigenvalue weighted by atomic mass is 35.5. The Morgan fingerprint density at radius 1 is 1.65 bits per heavy atom. The number of esters is 1. The quantitative estimate of drug-likeness (QED) is 0.508. The third kappa shape index (κ3) is 2.51. The summed E-state index contributed by atoms with van der Waals surface area (Å²) in [4.78, 5) is 14.4. The molecule has 0 amide bonds. The van der Waals surface area contributed by atoms with Crippen LogP contribution in [-0.2, 0) is 11.2 Å². The van der Waals surface area contributed by atoms with Gasteiger partial charge in [-0.2, -0.15) is 0 Å². The zero-order valence-electron chi connectivity index (χ0n) is 9.41. The summed E-state index contributed by atoms with van der Waals surface area (Å²) in [5.74, 6) is -0.310.